The lowest BCUT2D eigenvalue weighted by molar-refractivity contribution is -0.139. The van der Waals surface area contributed by atoms with E-state index in [2.05, 4.69) is 5.32 Å². The maximum atomic E-state index is 12.0. The van der Waals surface area contributed by atoms with Crippen molar-refractivity contribution in [3.63, 3.8) is 0 Å². The average molecular weight is 281 g/mol. The summed E-state index contributed by atoms with van der Waals surface area (Å²) in [6.07, 6.45) is 0.370. The molecule has 0 aromatic carbocycles. The molecule has 0 aliphatic carbocycles. The van der Waals surface area contributed by atoms with Gasteiger partial charge in [0, 0.05) is 33.2 Å². The van der Waals surface area contributed by atoms with Crippen LogP contribution in [0.25, 0.3) is 0 Å². The van der Waals surface area contributed by atoms with E-state index in [0.29, 0.717) is 6.42 Å². The molecule has 2 heterocycles. The Balaban J connectivity index is 1.80. The molecule has 19 heavy (non-hydrogen) atoms. The van der Waals surface area contributed by atoms with Crippen molar-refractivity contribution >= 4 is 23.2 Å². The van der Waals surface area contributed by atoms with Crippen molar-refractivity contribution in [1.29, 1.82) is 0 Å². The molecule has 0 bridgehead atoms. The van der Waals surface area contributed by atoms with Crippen molar-refractivity contribution in [3.05, 3.63) is 22.4 Å². The molecule has 0 saturated carbocycles. The summed E-state index contributed by atoms with van der Waals surface area (Å²) in [5.41, 5.74) is 1.01. The van der Waals surface area contributed by atoms with Gasteiger partial charge in [-0.2, -0.15) is 11.3 Å². The number of carbonyl (C=O) groups is 2. The van der Waals surface area contributed by atoms with Crippen molar-refractivity contribution in [3.8, 4) is 0 Å². The summed E-state index contributed by atoms with van der Waals surface area (Å²) in [5, 5.41) is 7.12. The third-order valence-electron chi connectivity index (χ3n) is 3.20. The van der Waals surface area contributed by atoms with E-state index >= 15 is 0 Å². The molecule has 1 aliphatic heterocycles. The minimum atomic E-state index is -0.0121. The number of amides is 2. The third kappa shape index (κ3) is 4.04. The highest BCUT2D eigenvalue weighted by molar-refractivity contribution is 7.07. The van der Waals surface area contributed by atoms with Crippen molar-refractivity contribution in [1.82, 2.24) is 15.1 Å². The second kappa shape index (κ2) is 6.68. The molecule has 6 heteroatoms. The van der Waals surface area contributed by atoms with E-state index in [-0.39, 0.29) is 18.4 Å². The first-order chi connectivity index (χ1) is 9.16. The minimum Gasteiger partial charge on any atom is -0.339 e. The van der Waals surface area contributed by atoms with E-state index in [1.165, 1.54) is 4.90 Å². The monoisotopic (exact) mass is 281 g/mol. The fourth-order valence-corrected chi connectivity index (χ4v) is 2.68. The zero-order valence-electron chi connectivity index (χ0n) is 11.1. The molecular weight excluding hydrogens is 262 g/mol. The zero-order chi connectivity index (χ0) is 13.7. The van der Waals surface area contributed by atoms with Crippen molar-refractivity contribution in [2.45, 2.75) is 6.42 Å². The average Bonchev–Trinajstić information content (AvgIpc) is 2.92. The third-order valence-corrected chi connectivity index (χ3v) is 3.94. The van der Waals surface area contributed by atoms with Gasteiger partial charge in [-0.05, 0) is 22.4 Å². The number of hydrogen-bond acceptors (Lipinski definition) is 4. The molecule has 2 rings (SSSR count). The molecule has 5 nitrogen and oxygen atoms in total. The number of carbonyl (C=O) groups excluding carboxylic acids is 2. The number of nitrogens with zero attached hydrogens (tertiary/aromatic N) is 2. The van der Waals surface area contributed by atoms with E-state index in [1.807, 2.05) is 21.7 Å². The molecule has 0 radical (unpaired) electrons. The number of likely N-dealkylation sites (N-methyl/N-ethyl adjacent to an activating group) is 1. The number of thiophene rings is 1. The normalized spacial score (nSPS) is 15.3. The van der Waals surface area contributed by atoms with Crippen LogP contribution in [0.3, 0.4) is 0 Å². The summed E-state index contributed by atoms with van der Waals surface area (Å²) in [7, 11) is 1.69. The van der Waals surface area contributed by atoms with E-state index < -0.39 is 0 Å². The lowest BCUT2D eigenvalue weighted by Crippen LogP contribution is -2.49. The fraction of sp³-hybridized carbons (Fsp3) is 0.538. The second-order valence-electron chi connectivity index (χ2n) is 4.69. The maximum Gasteiger partial charge on any atom is 0.242 e. The van der Waals surface area contributed by atoms with Crippen LogP contribution in [0.2, 0.25) is 0 Å². The highest BCUT2D eigenvalue weighted by Gasteiger charge is 2.19. The summed E-state index contributed by atoms with van der Waals surface area (Å²) < 4.78 is 0. The summed E-state index contributed by atoms with van der Waals surface area (Å²) in [6.45, 7) is 3.29. The standard InChI is InChI=1S/C13H19N3O2S/c1-15(12(17)8-11-2-7-19-10-11)9-13(18)16-5-3-14-4-6-16/h2,7,10,14H,3-6,8-9H2,1H3. The molecule has 0 atom stereocenters. The number of piperazine rings is 1. The summed E-state index contributed by atoms with van der Waals surface area (Å²) in [6, 6.07) is 1.94. The predicted molar refractivity (Wildman–Crippen MR) is 75.1 cm³/mol. The Morgan fingerprint density at radius 1 is 1.42 bits per heavy atom. The highest BCUT2D eigenvalue weighted by atomic mass is 32.1. The lowest BCUT2D eigenvalue weighted by atomic mass is 10.2. The predicted octanol–water partition coefficient (Wildman–Crippen LogP) is 0.181. The molecule has 1 saturated heterocycles. The van der Waals surface area contributed by atoms with Crippen LogP contribution >= 0.6 is 11.3 Å². The summed E-state index contributed by atoms with van der Waals surface area (Å²) >= 11 is 1.58. The number of nitrogens with one attached hydrogen (secondary N) is 1. The zero-order valence-corrected chi connectivity index (χ0v) is 11.9. The first-order valence-corrected chi connectivity index (χ1v) is 7.34. The number of rotatable bonds is 4. The van der Waals surface area contributed by atoms with Crippen LogP contribution in [0.5, 0.6) is 0 Å². The van der Waals surface area contributed by atoms with Gasteiger partial charge in [-0.25, -0.2) is 0 Å². The van der Waals surface area contributed by atoms with Crippen LogP contribution in [0.1, 0.15) is 5.56 Å². The summed E-state index contributed by atoms with van der Waals surface area (Å²) in [4.78, 5) is 27.3. The van der Waals surface area contributed by atoms with E-state index in [9.17, 15) is 9.59 Å². The van der Waals surface area contributed by atoms with Crippen molar-refractivity contribution < 1.29 is 9.59 Å². The Morgan fingerprint density at radius 2 is 2.16 bits per heavy atom. The van der Waals surface area contributed by atoms with Gasteiger partial charge < -0.3 is 15.1 Å². The largest absolute Gasteiger partial charge is 0.339 e. The molecular formula is C13H19N3O2S. The molecule has 1 aromatic heterocycles. The van der Waals surface area contributed by atoms with Crippen LogP contribution in [0, 0.1) is 0 Å². The lowest BCUT2D eigenvalue weighted by Gasteiger charge is -2.29. The van der Waals surface area contributed by atoms with Crippen LogP contribution < -0.4 is 5.32 Å². The maximum absolute atomic E-state index is 12.0. The van der Waals surface area contributed by atoms with Gasteiger partial charge in [0.25, 0.3) is 0 Å². The molecule has 1 aliphatic rings. The van der Waals surface area contributed by atoms with Crippen molar-refractivity contribution in [2.75, 3.05) is 39.8 Å². The Labute approximate surface area is 117 Å². The van der Waals surface area contributed by atoms with Gasteiger partial charge in [0.2, 0.25) is 11.8 Å². The molecule has 0 spiro atoms. The van der Waals surface area contributed by atoms with Gasteiger partial charge in [0.15, 0.2) is 0 Å². The van der Waals surface area contributed by atoms with Gasteiger partial charge >= 0.3 is 0 Å². The minimum absolute atomic E-state index is 0.0121. The van der Waals surface area contributed by atoms with Gasteiger partial charge in [0.1, 0.15) is 0 Å². The molecule has 104 valence electrons. The Kier molecular flexibility index (Phi) is 4.93. The van der Waals surface area contributed by atoms with E-state index in [0.717, 1.165) is 31.7 Å². The first-order valence-electron chi connectivity index (χ1n) is 6.40. The smallest absolute Gasteiger partial charge is 0.242 e. The molecule has 2 amide bonds. The fourth-order valence-electron chi connectivity index (χ4n) is 2.01. The van der Waals surface area contributed by atoms with Gasteiger partial charge in [-0.3, -0.25) is 9.59 Å². The van der Waals surface area contributed by atoms with Crippen LogP contribution in [0.4, 0.5) is 0 Å². The summed E-state index contributed by atoms with van der Waals surface area (Å²) in [5.74, 6) is 0.0181. The molecule has 0 unspecified atom stereocenters. The number of hydrogen-bond donors (Lipinski definition) is 1. The quantitative estimate of drug-likeness (QED) is 0.856. The van der Waals surface area contributed by atoms with Crippen LogP contribution in [0.15, 0.2) is 16.8 Å². The molecule has 1 N–H and O–H groups in total. The van der Waals surface area contributed by atoms with Gasteiger partial charge in [-0.15, -0.1) is 0 Å². The Bertz CT molecular complexity index is 427. The molecule has 1 fully saturated rings. The van der Waals surface area contributed by atoms with Crippen molar-refractivity contribution in [2.24, 2.45) is 0 Å². The Hall–Kier alpha value is -1.40. The van der Waals surface area contributed by atoms with E-state index in [4.69, 9.17) is 0 Å². The van der Waals surface area contributed by atoms with Gasteiger partial charge in [0.05, 0.1) is 13.0 Å². The highest BCUT2D eigenvalue weighted by Crippen LogP contribution is 2.08. The first kappa shape index (κ1) is 14.0. The van der Waals surface area contributed by atoms with Crippen LogP contribution in [-0.2, 0) is 16.0 Å². The topological polar surface area (TPSA) is 52.7 Å². The van der Waals surface area contributed by atoms with Crippen LogP contribution in [-0.4, -0.2) is 61.4 Å². The Morgan fingerprint density at radius 3 is 2.79 bits per heavy atom. The molecule has 1 aromatic rings. The second-order valence-corrected chi connectivity index (χ2v) is 5.47. The van der Waals surface area contributed by atoms with E-state index in [1.54, 1.807) is 18.4 Å². The van der Waals surface area contributed by atoms with Gasteiger partial charge in [-0.1, -0.05) is 0 Å². The SMILES string of the molecule is CN(CC(=O)N1CCNCC1)C(=O)Cc1ccsc1.